The van der Waals surface area contributed by atoms with Gasteiger partial charge in [-0.2, -0.15) is 0 Å². The molecule has 1 amide bonds. The van der Waals surface area contributed by atoms with E-state index in [1.807, 2.05) is 13.8 Å². The van der Waals surface area contributed by atoms with Crippen molar-refractivity contribution in [1.82, 2.24) is 0 Å². The third kappa shape index (κ3) is 2.55. The Morgan fingerprint density at radius 2 is 1.84 bits per heavy atom. The van der Waals surface area contributed by atoms with Crippen LogP contribution in [0.2, 0.25) is 0 Å². The fourth-order valence-corrected chi connectivity index (χ4v) is 2.83. The molecule has 0 radical (unpaired) electrons. The molecule has 0 aliphatic carbocycles. The molecule has 6 heteroatoms. The normalized spacial score (nSPS) is 10.5. The molecule has 2 rings (SSSR count). The second kappa shape index (κ2) is 5.38. The minimum absolute atomic E-state index is 0.267. The van der Waals surface area contributed by atoms with Gasteiger partial charge >= 0.3 is 0 Å². The predicted molar refractivity (Wildman–Crippen MR) is 82.4 cm³/mol. The van der Waals surface area contributed by atoms with Gasteiger partial charge in [-0.25, -0.2) is 0 Å². The Balaban J connectivity index is 2.44. The van der Waals surface area contributed by atoms with Gasteiger partial charge in [0.1, 0.15) is 0 Å². The molecular weight excluding hydrogens is 376 g/mol. The largest absolute Gasteiger partial charge is 0.459 e. The van der Waals surface area contributed by atoms with Gasteiger partial charge in [0.25, 0.3) is 5.91 Å². The van der Waals surface area contributed by atoms with E-state index in [9.17, 15) is 4.79 Å². The first-order chi connectivity index (χ1) is 8.93. The number of carbonyl (C=O) groups excluding carboxylic acids is 1. The van der Waals surface area contributed by atoms with E-state index in [0.29, 0.717) is 11.4 Å². The number of benzene rings is 1. The van der Waals surface area contributed by atoms with Gasteiger partial charge in [0.15, 0.2) is 5.76 Å². The van der Waals surface area contributed by atoms with Crippen molar-refractivity contribution in [2.75, 3.05) is 11.1 Å². The standard InChI is InChI=1S/C13H12Br2N2O2/c1-6-9(14)11(16)10(15)7(2)12(6)17-13(18)8-4-3-5-19-8/h3-5H,16H2,1-2H3,(H,17,18). The highest BCUT2D eigenvalue weighted by Crippen LogP contribution is 2.39. The summed E-state index contributed by atoms with van der Waals surface area (Å²) in [4.78, 5) is 12.0. The van der Waals surface area contributed by atoms with Crippen LogP contribution in [0.5, 0.6) is 0 Å². The van der Waals surface area contributed by atoms with Crippen molar-refractivity contribution < 1.29 is 9.21 Å². The van der Waals surface area contributed by atoms with Gasteiger partial charge in [0.05, 0.1) is 12.0 Å². The maximum atomic E-state index is 12.0. The highest BCUT2D eigenvalue weighted by atomic mass is 79.9. The second-order valence-corrected chi connectivity index (χ2v) is 5.68. The third-order valence-corrected chi connectivity index (χ3v) is 4.91. The summed E-state index contributed by atoms with van der Waals surface area (Å²) in [6.45, 7) is 3.77. The molecule has 1 aromatic heterocycles. The van der Waals surface area contributed by atoms with Crippen LogP contribution in [0.3, 0.4) is 0 Å². The van der Waals surface area contributed by atoms with Gasteiger partial charge in [0, 0.05) is 14.6 Å². The molecule has 0 aliphatic heterocycles. The van der Waals surface area contributed by atoms with E-state index >= 15 is 0 Å². The number of rotatable bonds is 2. The number of anilines is 2. The number of carbonyl (C=O) groups is 1. The zero-order valence-corrected chi connectivity index (χ0v) is 13.6. The molecule has 0 bridgehead atoms. The number of nitrogens with two attached hydrogens (primary N) is 1. The van der Waals surface area contributed by atoms with E-state index in [2.05, 4.69) is 37.2 Å². The van der Waals surface area contributed by atoms with E-state index in [-0.39, 0.29) is 11.7 Å². The number of furan rings is 1. The average molecular weight is 388 g/mol. The molecule has 0 spiro atoms. The average Bonchev–Trinajstić information content (AvgIpc) is 2.93. The molecule has 0 saturated carbocycles. The van der Waals surface area contributed by atoms with Crippen LogP contribution in [0.15, 0.2) is 31.8 Å². The van der Waals surface area contributed by atoms with Gasteiger partial charge in [0.2, 0.25) is 0 Å². The minimum Gasteiger partial charge on any atom is -0.459 e. The fraction of sp³-hybridized carbons (Fsp3) is 0.154. The molecule has 19 heavy (non-hydrogen) atoms. The molecule has 1 heterocycles. The molecule has 3 N–H and O–H groups in total. The van der Waals surface area contributed by atoms with E-state index in [0.717, 1.165) is 20.1 Å². The molecular formula is C13H12Br2N2O2. The SMILES string of the molecule is Cc1c(Br)c(N)c(Br)c(C)c1NC(=O)c1ccco1. The van der Waals surface area contributed by atoms with Crippen LogP contribution in [0.25, 0.3) is 0 Å². The lowest BCUT2D eigenvalue weighted by Crippen LogP contribution is -2.14. The molecule has 0 atom stereocenters. The first-order valence-corrected chi connectivity index (χ1v) is 7.10. The number of amides is 1. The molecule has 0 unspecified atom stereocenters. The first-order valence-electron chi connectivity index (χ1n) is 5.52. The molecule has 100 valence electrons. The summed E-state index contributed by atoms with van der Waals surface area (Å²) in [5.41, 5.74) is 9.03. The Morgan fingerprint density at radius 1 is 1.26 bits per heavy atom. The molecule has 0 aliphatic rings. The molecule has 0 saturated heterocycles. The van der Waals surface area contributed by atoms with Gasteiger partial charge < -0.3 is 15.5 Å². The van der Waals surface area contributed by atoms with Crippen LogP contribution < -0.4 is 11.1 Å². The Hall–Kier alpha value is -1.27. The summed E-state index contributed by atoms with van der Waals surface area (Å²) in [7, 11) is 0. The summed E-state index contributed by atoms with van der Waals surface area (Å²) >= 11 is 6.85. The summed E-state index contributed by atoms with van der Waals surface area (Å²) in [6.07, 6.45) is 1.46. The van der Waals surface area contributed by atoms with Gasteiger partial charge in [-0.3, -0.25) is 4.79 Å². The van der Waals surface area contributed by atoms with Crippen LogP contribution in [0.1, 0.15) is 21.7 Å². The summed E-state index contributed by atoms with van der Waals surface area (Å²) in [6, 6.07) is 3.28. The van der Waals surface area contributed by atoms with Crippen molar-refractivity contribution in [3.63, 3.8) is 0 Å². The maximum absolute atomic E-state index is 12.0. The van der Waals surface area contributed by atoms with Crippen molar-refractivity contribution in [1.29, 1.82) is 0 Å². The number of hydrogen-bond donors (Lipinski definition) is 2. The van der Waals surface area contributed by atoms with Crippen molar-refractivity contribution in [2.24, 2.45) is 0 Å². The number of nitrogens with one attached hydrogen (secondary N) is 1. The molecule has 0 fully saturated rings. The van der Waals surface area contributed by atoms with E-state index in [1.165, 1.54) is 6.26 Å². The lowest BCUT2D eigenvalue weighted by atomic mass is 10.1. The van der Waals surface area contributed by atoms with Crippen molar-refractivity contribution in [3.8, 4) is 0 Å². The van der Waals surface area contributed by atoms with E-state index in [4.69, 9.17) is 10.2 Å². The van der Waals surface area contributed by atoms with Crippen LogP contribution in [-0.4, -0.2) is 5.91 Å². The predicted octanol–water partition coefficient (Wildman–Crippen LogP) is 4.26. The number of halogens is 2. The molecule has 2 aromatic rings. The quantitative estimate of drug-likeness (QED) is 0.756. The summed E-state index contributed by atoms with van der Waals surface area (Å²) in [5, 5.41) is 2.84. The second-order valence-electron chi connectivity index (χ2n) is 4.10. The Kier molecular flexibility index (Phi) is 4.01. The molecule has 1 aromatic carbocycles. The topological polar surface area (TPSA) is 68.3 Å². The minimum atomic E-state index is -0.292. The lowest BCUT2D eigenvalue weighted by Gasteiger charge is -2.16. The first kappa shape index (κ1) is 14.1. The zero-order chi connectivity index (χ0) is 14.2. The van der Waals surface area contributed by atoms with Gasteiger partial charge in [-0.1, -0.05) is 0 Å². The monoisotopic (exact) mass is 386 g/mol. The van der Waals surface area contributed by atoms with Crippen molar-refractivity contribution in [3.05, 3.63) is 44.2 Å². The van der Waals surface area contributed by atoms with Crippen LogP contribution >= 0.6 is 31.9 Å². The van der Waals surface area contributed by atoms with Gasteiger partial charge in [-0.15, -0.1) is 0 Å². The zero-order valence-electron chi connectivity index (χ0n) is 10.4. The maximum Gasteiger partial charge on any atom is 0.291 e. The van der Waals surface area contributed by atoms with Crippen molar-refractivity contribution >= 4 is 49.1 Å². The highest BCUT2D eigenvalue weighted by molar-refractivity contribution is 9.11. The Bertz CT molecular complexity index is 608. The Morgan fingerprint density at radius 3 is 2.32 bits per heavy atom. The highest BCUT2D eigenvalue weighted by Gasteiger charge is 2.18. The smallest absolute Gasteiger partial charge is 0.291 e. The van der Waals surface area contributed by atoms with Crippen LogP contribution in [0.4, 0.5) is 11.4 Å². The van der Waals surface area contributed by atoms with E-state index < -0.39 is 0 Å². The van der Waals surface area contributed by atoms with E-state index in [1.54, 1.807) is 12.1 Å². The molecule has 4 nitrogen and oxygen atoms in total. The van der Waals surface area contributed by atoms with Crippen molar-refractivity contribution in [2.45, 2.75) is 13.8 Å². The number of hydrogen-bond acceptors (Lipinski definition) is 3. The summed E-state index contributed by atoms with van der Waals surface area (Å²) in [5.74, 6) is -0.0253. The Labute approximate surface area is 127 Å². The summed E-state index contributed by atoms with van der Waals surface area (Å²) < 4.78 is 6.60. The lowest BCUT2D eigenvalue weighted by molar-refractivity contribution is 0.0996. The van der Waals surface area contributed by atoms with Gasteiger partial charge in [-0.05, 0) is 69.0 Å². The van der Waals surface area contributed by atoms with Crippen LogP contribution in [0, 0.1) is 13.8 Å². The number of nitrogen functional groups attached to an aromatic ring is 1. The third-order valence-electron chi connectivity index (χ3n) is 2.86. The van der Waals surface area contributed by atoms with Crippen LogP contribution in [-0.2, 0) is 0 Å². The fourth-order valence-electron chi connectivity index (χ4n) is 1.77.